The average molecular weight is 316 g/mol. The van der Waals surface area contributed by atoms with Gasteiger partial charge in [0, 0.05) is 17.5 Å². The second-order valence-corrected chi connectivity index (χ2v) is 8.04. The van der Waals surface area contributed by atoms with E-state index in [0.29, 0.717) is 6.04 Å². The molecule has 1 aliphatic heterocycles. The summed E-state index contributed by atoms with van der Waals surface area (Å²) in [6.07, 6.45) is 4.52. The zero-order valence-electron chi connectivity index (χ0n) is 11.5. The van der Waals surface area contributed by atoms with Crippen LogP contribution in [0.2, 0.25) is 0 Å². The van der Waals surface area contributed by atoms with Crippen LogP contribution in [0.1, 0.15) is 37.5 Å². The number of primary sulfonamides is 1. The fourth-order valence-corrected chi connectivity index (χ4v) is 4.38. The number of thiophene rings is 1. The van der Waals surface area contributed by atoms with E-state index in [1.165, 1.54) is 12.5 Å². The summed E-state index contributed by atoms with van der Waals surface area (Å²) in [4.78, 5) is 15.0. The van der Waals surface area contributed by atoms with E-state index in [1.807, 2.05) is 4.90 Å². The zero-order chi connectivity index (χ0) is 14.8. The van der Waals surface area contributed by atoms with E-state index in [-0.39, 0.29) is 16.5 Å². The van der Waals surface area contributed by atoms with Crippen molar-refractivity contribution < 1.29 is 13.2 Å². The van der Waals surface area contributed by atoms with Crippen LogP contribution in [0.5, 0.6) is 0 Å². The van der Waals surface area contributed by atoms with Crippen LogP contribution in [0.25, 0.3) is 0 Å². The normalized spacial score (nSPS) is 20.1. The highest BCUT2D eigenvalue weighted by Gasteiger charge is 2.25. The average Bonchev–Trinajstić information content (AvgIpc) is 2.87. The Bertz CT molecular complexity index is 580. The number of carbonyl (C=O) groups is 1. The monoisotopic (exact) mass is 316 g/mol. The van der Waals surface area contributed by atoms with Gasteiger partial charge in [-0.3, -0.25) is 4.79 Å². The number of hydrogen-bond acceptors (Lipinski definition) is 4. The Kier molecular flexibility index (Phi) is 4.82. The fourth-order valence-electron chi connectivity index (χ4n) is 2.61. The first-order valence-corrected chi connectivity index (χ1v) is 9.19. The summed E-state index contributed by atoms with van der Waals surface area (Å²) in [6, 6.07) is 3.47. The smallest absolute Gasteiger partial charge is 0.247 e. The number of piperidine rings is 1. The fraction of sp³-hybridized carbons (Fsp3) is 0.615. The van der Waals surface area contributed by atoms with Gasteiger partial charge in [0.2, 0.25) is 15.9 Å². The lowest BCUT2D eigenvalue weighted by Gasteiger charge is -2.35. The molecule has 0 spiro atoms. The van der Waals surface area contributed by atoms with Crippen molar-refractivity contribution in [2.24, 2.45) is 5.14 Å². The summed E-state index contributed by atoms with van der Waals surface area (Å²) in [5.74, 6) is 0.0827. The molecule has 1 aliphatic rings. The van der Waals surface area contributed by atoms with Crippen molar-refractivity contribution in [1.29, 1.82) is 0 Å². The van der Waals surface area contributed by atoms with Crippen LogP contribution in [-0.2, 0) is 21.2 Å². The second-order valence-electron chi connectivity index (χ2n) is 5.09. The standard InChI is InChI=1S/C13H20N2O3S2/c1-2-10-5-3-4-8-15(10)12(16)9-11-6-7-13(19-11)20(14,17)18/h6-7,10H,2-5,8-9H2,1H3,(H2,14,17,18). The molecule has 1 saturated heterocycles. The van der Waals surface area contributed by atoms with Crippen molar-refractivity contribution >= 4 is 27.3 Å². The van der Waals surface area contributed by atoms with Crippen molar-refractivity contribution in [3.05, 3.63) is 17.0 Å². The Hall–Kier alpha value is -0.920. The van der Waals surface area contributed by atoms with Crippen LogP contribution < -0.4 is 5.14 Å². The lowest BCUT2D eigenvalue weighted by molar-refractivity contribution is -0.134. The van der Waals surface area contributed by atoms with Crippen LogP contribution in [0.15, 0.2) is 16.3 Å². The summed E-state index contributed by atoms with van der Waals surface area (Å²) < 4.78 is 22.6. The van der Waals surface area contributed by atoms with Crippen molar-refractivity contribution in [3.63, 3.8) is 0 Å². The van der Waals surface area contributed by atoms with Crippen molar-refractivity contribution in [3.8, 4) is 0 Å². The molecular formula is C13H20N2O3S2. The maximum absolute atomic E-state index is 12.3. The molecule has 1 amide bonds. The molecule has 0 radical (unpaired) electrons. The van der Waals surface area contributed by atoms with Gasteiger partial charge in [0.25, 0.3) is 0 Å². The van der Waals surface area contributed by atoms with Gasteiger partial charge in [-0.1, -0.05) is 6.92 Å². The highest BCUT2D eigenvalue weighted by Crippen LogP contribution is 2.24. The Balaban J connectivity index is 2.05. The first kappa shape index (κ1) is 15.5. The summed E-state index contributed by atoms with van der Waals surface area (Å²) in [5.41, 5.74) is 0. The van der Waals surface area contributed by atoms with E-state index in [9.17, 15) is 13.2 Å². The minimum atomic E-state index is -3.66. The van der Waals surface area contributed by atoms with Gasteiger partial charge in [-0.05, 0) is 37.8 Å². The Morgan fingerprint density at radius 3 is 2.80 bits per heavy atom. The maximum Gasteiger partial charge on any atom is 0.247 e. The maximum atomic E-state index is 12.3. The minimum absolute atomic E-state index is 0.0827. The lowest BCUT2D eigenvalue weighted by Crippen LogP contribution is -2.44. The SMILES string of the molecule is CCC1CCCCN1C(=O)Cc1ccc(S(N)(=O)=O)s1. The molecule has 1 unspecified atom stereocenters. The number of amides is 1. The predicted molar refractivity (Wildman–Crippen MR) is 79.0 cm³/mol. The Labute approximate surface area is 123 Å². The second kappa shape index (κ2) is 6.24. The van der Waals surface area contributed by atoms with Crippen LogP contribution >= 0.6 is 11.3 Å². The molecular weight excluding hydrogens is 296 g/mol. The summed E-state index contributed by atoms with van der Waals surface area (Å²) in [7, 11) is -3.66. The number of carbonyl (C=O) groups excluding carboxylic acids is 1. The zero-order valence-corrected chi connectivity index (χ0v) is 13.2. The van der Waals surface area contributed by atoms with Gasteiger partial charge in [0.05, 0.1) is 6.42 Å². The van der Waals surface area contributed by atoms with Crippen molar-refractivity contribution in [2.45, 2.75) is 49.3 Å². The van der Waals surface area contributed by atoms with E-state index in [4.69, 9.17) is 5.14 Å². The van der Waals surface area contributed by atoms with Gasteiger partial charge in [-0.2, -0.15) is 0 Å². The number of sulfonamides is 1. The third-order valence-corrected chi connectivity index (χ3v) is 6.19. The number of rotatable bonds is 4. The van der Waals surface area contributed by atoms with Crippen LogP contribution in [0, 0.1) is 0 Å². The molecule has 1 fully saturated rings. The molecule has 0 aliphatic carbocycles. The third-order valence-electron chi connectivity index (χ3n) is 3.66. The van der Waals surface area contributed by atoms with Crippen LogP contribution in [0.3, 0.4) is 0 Å². The molecule has 2 N–H and O–H groups in total. The van der Waals surface area contributed by atoms with E-state index in [1.54, 1.807) is 6.07 Å². The number of hydrogen-bond donors (Lipinski definition) is 1. The molecule has 0 saturated carbocycles. The predicted octanol–water partition coefficient (Wildman–Crippen LogP) is 1.73. The van der Waals surface area contributed by atoms with E-state index in [0.717, 1.165) is 42.0 Å². The van der Waals surface area contributed by atoms with Gasteiger partial charge in [-0.25, -0.2) is 13.6 Å². The summed E-state index contributed by atoms with van der Waals surface area (Å²) in [6.45, 7) is 2.91. The third kappa shape index (κ3) is 3.59. The molecule has 2 heterocycles. The molecule has 20 heavy (non-hydrogen) atoms. The number of nitrogens with two attached hydrogens (primary N) is 1. The Morgan fingerprint density at radius 1 is 1.45 bits per heavy atom. The highest BCUT2D eigenvalue weighted by molar-refractivity contribution is 7.91. The molecule has 2 rings (SSSR count). The van der Waals surface area contributed by atoms with E-state index >= 15 is 0 Å². The molecule has 1 aromatic heterocycles. The number of nitrogens with zero attached hydrogens (tertiary/aromatic N) is 1. The van der Waals surface area contributed by atoms with E-state index < -0.39 is 10.0 Å². The first-order chi connectivity index (χ1) is 9.41. The molecule has 5 nitrogen and oxygen atoms in total. The van der Waals surface area contributed by atoms with Gasteiger partial charge in [0.1, 0.15) is 4.21 Å². The quantitative estimate of drug-likeness (QED) is 0.918. The largest absolute Gasteiger partial charge is 0.339 e. The van der Waals surface area contributed by atoms with Crippen molar-refractivity contribution in [2.75, 3.05) is 6.54 Å². The topological polar surface area (TPSA) is 80.5 Å². The molecule has 1 atom stereocenters. The highest BCUT2D eigenvalue weighted by atomic mass is 32.2. The summed E-state index contributed by atoms with van der Waals surface area (Å²) >= 11 is 1.08. The van der Waals surface area contributed by atoms with Crippen LogP contribution in [0.4, 0.5) is 0 Å². The molecule has 112 valence electrons. The first-order valence-electron chi connectivity index (χ1n) is 6.82. The molecule has 0 bridgehead atoms. The van der Waals surface area contributed by atoms with Crippen LogP contribution in [-0.4, -0.2) is 31.8 Å². The van der Waals surface area contributed by atoms with Gasteiger partial charge >= 0.3 is 0 Å². The Morgan fingerprint density at radius 2 is 2.20 bits per heavy atom. The van der Waals surface area contributed by atoms with Gasteiger partial charge in [0.15, 0.2) is 0 Å². The number of likely N-dealkylation sites (tertiary alicyclic amines) is 1. The minimum Gasteiger partial charge on any atom is -0.339 e. The molecule has 0 aromatic carbocycles. The molecule has 7 heteroatoms. The molecule has 1 aromatic rings. The lowest BCUT2D eigenvalue weighted by atomic mass is 9.99. The summed E-state index contributed by atoms with van der Waals surface area (Å²) in [5, 5.41) is 5.07. The van der Waals surface area contributed by atoms with E-state index in [2.05, 4.69) is 6.92 Å². The van der Waals surface area contributed by atoms with Gasteiger partial charge in [-0.15, -0.1) is 11.3 Å². The van der Waals surface area contributed by atoms with Crippen molar-refractivity contribution in [1.82, 2.24) is 4.90 Å². The van der Waals surface area contributed by atoms with Gasteiger partial charge < -0.3 is 4.90 Å².